The van der Waals surface area contributed by atoms with Gasteiger partial charge in [0.1, 0.15) is 18.9 Å². The Morgan fingerprint density at radius 2 is 2.22 bits per heavy atom. The summed E-state index contributed by atoms with van der Waals surface area (Å²) in [6, 6.07) is 1.91. The van der Waals surface area contributed by atoms with E-state index in [4.69, 9.17) is 19.9 Å². The summed E-state index contributed by atoms with van der Waals surface area (Å²) in [6.07, 6.45) is -1.67. The predicted octanol–water partition coefficient (Wildman–Crippen LogP) is 0.224. The molecule has 1 aliphatic rings. The number of halogens is 1. The lowest BCUT2D eigenvalue weighted by molar-refractivity contribution is -0.164. The highest BCUT2D eigenvalue weighted by atomic mass is 19.1. The van der Waals surface area contributed by atoms with E-state index in [2.05, 4.69) is 15.0 Å². The van der Waals surface area contributed by atoms with Gasteiger partial charge in [-0.2, -0.15) is 19.6 Å². The molecule has 0 aliphatic carbocycles. The van der Waals surface area contributed by atoms with Crippen LogP contribution in [0.15, 0.2) is 6.33 Å². The van der Waals surface area contributed by atoms with Crippen LogP contribution in [0.25, 0.3) is 11.2 Å². The molecular formula is C15H15FN6O5. The number of imidazole rings is 1. The van der Waals surface area contributed by atoms with E-state index in [-0.39, 0.29) is 23.4 Å². The monoisotopic (exact) mass is 378 g/mol. The average Bonchev–Trinajstić information content (AvgIpc) is 3.14. The molecule has 3 heterocycles. The second kappa shape index (κ2) is 6.76. The molecule has 0 radical (unpaired) electrons. The van der Waals surface area contributed by atoms with Gasteiger partial charge in [0, 0.05) is 20.3 Å². The summed E-state index contributed by atoms with van der Waals surface area (Å²) in [6.45, 7) is 1.90. The van der Waals surface area contributed by atoms with Crippen LogP contribution < -0.4 is 5.73 Å². The molecule has 1 saturated heterocycles. The number of ether oxygens (including phenoxy) is 3. The Bertz CT molecular complexity index is 956. The Morgan fingerprint density at radius 3 is 2.85 bits per heavy atom. The fourth-order valence-corrected chi connectivity index (χ4v) is 2.84. The van der Waals surface area contributed by atoms with Crippen molar-refractivity contribution in [3.63, 3.8) is 0 Å². The smallest absolute Gasteiger partial charge is 0.312 e. The number of rotatable bonds is 4. The van der Waals surface area contributed by atoms with Crippen LogP contribution >= 0.6 is 0 Å². The number of nitriles is 1. The minimum Gasteiger partial charge on any atom is -0.461 e. The zero-order chi connectivity index (χ0) is 19.8. The molecule has 11 nitrogen and oxygen atoms in total. The number of esters is 2. The van der Waals surface area contributed by atoms with Crippen molar-refractivity contribution in [3.05, 3.63) is 12.4 Å². The van der Waals surface area contributed by atoms with Gasteiger partial charge in [-0.25, -0.2) is 4.98 Å². The van der Waals surface area contributed by atoms with Crippen molar-refractivity contribution >= 4 is 28.9 Å². The maximum Gasteiger partial charge on any atom is 0.312 e. The summed E-state index contributed by atoms with van der Waals surface area (Å²) in [5.41, 5.74) is 4.10. The van der Waals surface area contributed by atoms with Crippen LogP contribution in [0.2, 0.25) is 0 Å². The van der Waals surface area contributed by atoms with Crippen molar-refractivity contribution in [3.8, 4) is 6.07 Å². The highest BCUT2D eigenvalue weighted by Gasteiger charge is 2.53. The molecule has 142 valence electrons. The number of aromatic nitrogens is 4. The molecule has 2 aromatic rings. The third-order valence-electron chi connectivity index (χ3n) is 4.00. The molecule has 3 atom stereocenters. The summed E-state index contributed by atoms with van der Waals surface area (Å²) in [5, 5.41) is 9.64. The molecule has 0 bridgehead atoms. The molecule has 0 spiro atoms. The van der Waals surface area contributed by atoms with Crippen molar-refractivity contribution in [2.75, 3.05) is 12.3 Å². The lowest BCUT2D eigenvalue weighted by Gasteiger charge is -2.26. The number of hydrogen-bond acceptors (Lipinski definition) is 10. The van der Waals surface area contributed by atoms with E-state index < -0.39 is 42.6 Å². The van der Waals surface area contributed by atoms with Crippen LogP contribution in [0, 0.1) is 17.4 Å². The molecule has 2 aromatic heterocycles. The molecule has 1 fully saturated rings. The summed E-state index contributed by atoms with van der Waals surface area (Å²) in [5.74, 6) is -1.43. The summed E-state index contributed by atoms with van der Waals surface area (Å²) in [7, 11) is 0. The first-order valence-corrected chi connectivity index (χ1v) is 7.81. The Balaban J connectivity index is 1.99. The van der Waals surface area contributed by atoms with Crippen molar-refractivity contribution in [1.82, 2.24) is 19.5 Å². The van der Waals surface area contributed by atoms with E-state index in [1.807, 2.05) is 6.07 Å². The Morgan fingerprint density at radius 1 is 1.48 bits per heavy atom. The number of nitrogens with two attached hydrogens (primary N) is 1. The van der Waals surface area contributed by atoms with E-state index in [1.165, 1.54) is 24.7 Å². The first-order valence-electron chi connectivity index (χ1n) is 7.81. The zero-order valence-electron chi connectivity index (χ0n) is 14.4. The zero-order valence-corrected chi connectivity index (χ0v) is 14.4. The van der Waals surface area contributed by atoms with Gasteiger partial charge in [0.15, 0.2) is 23.1 Å². The number of carbonyl (C=O) groups excluding carboxylic acids is 2. The maximum atomic E-state index is 13.6. The Kier molecular flexibility index (Phi) is 4.63. The Hall–Kier alpha value is -3.33. The first-order chi connectivity index (χ1) is 12.8. The SMILES string of the molecule is CC(=O)OC[C@@]1(C#N)O[C@@H](n2cnc3c(N)nc(F)nc32)CC1OC(C)=O. The molecule has 0 aromatic carbocycles. The van der Waals surface area contributed by atoms with E-state index >= 15 is 0 Å². The first kappa shape index (κ1) is 18.5. The van der Waals surface area contributed by atoms with Crippen LogP contribution in [0.5, 0.6) is 0 Å². The van der Waals surface area contributed by atoms with E-state index in [9.17, 15) is 19.2 Å². The molecule has 2 N–H and O–H groups in total. The minimum atomic E-state index is -1.74. The number of anilines is 1. The molecule has 0 saturated carbocycles. The van der Waals surface area contributed by atoms with E-state index in [1.54, 1.807) is 0 Å². The average molecular weight is 378 g/mol. The number of hydrogen-bond donors (Lipinski definition) is 1. The number of nitrogen functional groups attached to an aromatic ring is 1. The normalized spacial score (nSPS) is 24.5. The molecule has 12 heteroatoms. The van der Waals surface area contributed by atoms with Gasteiger partial charge >= 0.3 is 18.0 Å². The third-order valence-corrected chi connectivity index (χ3v) is 4.00. The number of carbonyl (C=O) groups is 2. The summed E-state index contributed by atoms with van der Waals surface area (Å²) >= 11 is 0. The highest BCUT2D eigenvalue weighted by molar-refractivity contribution is 5.81. The molecular weight excluding hydrogens is 363 g/mol. The summed E-state index contributed by atoms with van der Waals surface area (Å²) < 4.78 is 30.8. The second-order valence-electron chi connectivity index (χ2n) is 5.89. The number of nitrogens with zero attached hydrogens (tertiary/aromatic N) is 5. The van der Waals surface area contributed by atoms with Gasteiger partial charge in [0.25, 0.3) is 0 Å². The van der Waals surface area contributed by atoms with Crippen molar-refractivity contribution in [2.24, 2.45) is 0 Å². The second-order valence-corrected chi connectivity index (χ2v) is 5.89. The fraction of sp³-hybridized carbons (Fsp3) is 0.467. The maximum absolute atomic E-state index is 13.6. The lowest BCUT2D eigenvalue weighted by Crippen LogP contribution is -2.45. The van der Waals surface area contributed by atoms with Crippen LogP contribution in [0.3, 0.4) is 0 Å². The van der Waals surface area contributed by atoms with Gasteiger partial charge in [0.2, 0.25) is 5.60 Å². The molecule has 3 rings (SSSR count). The van der Waals surface area contributed by atoms with Crippen LogP contribution in [-0.4, -0.2) is 49.8 Å². The largest absolute Gasteiger partial charge is 0.461 e. The Labute approximate surface area is 151 Å². The molecule has 1 aliphatic heterocycles. The van der Waals surface area contributed by atoms with E-state index in [0.29, 0.717) is 0 Å². The van der Waals surface area contributed by atoms with Crippen LogP contribution in [0.1, 0.15) is 26.5 Å². The van der Waals surface area contributed by atoms with Gasteiger partial charge in [-0.3, -0.25) is 14.2 Å². The van der Waals surface area contributed by atoms with Gasteiger partial charge in [-0.1, -0.05) is 0 Å². The van der Waals surface area contributed by atoms with Gasteiger partial charge in [-0.05, 0) is 0 Å². The van der Waals surface area contributed by atoms with Crippen molar-refractivity contribution < 1.29 is 28.2 Å². The highest BCUT2D eigenvalue weighted by Crippen LogP contribution is 2.40. The van der Waals surface area contributed by atoms with Gasteiger partial charge in [-0.15, -0.1) is 0 Å². The lowest BCUT2D eigenvalue weighted by atomic mass is 9.99. The quantitative estimate of drug-likeness (QED) is 0.577. The summed E-state index contributed by atoms with van der Waals surface area (Å²) in [4.78, 5) is 33.7. The third kappa shape index (κ3) is 3.36. The van der Waals surface area contributed by atoms with Crippen LogP contribution in [0.4, 0.5) is 10.2 Å². The standard InChI is InChI=1S/C15H15FN6O5/c1-7(23)25-5-15(4-17)9(26-8(2)24)3-10(27-15)22-6-19-11-12(18)20-14(16)21-13(11)22/h6,9-10H,3,5H2,1-2H3,(H2,18,20,21)/t9?,10-,15-/m1/s1. The predicted molar refractivity (Wildman–Crippen MR) is 85.0 cm³/mol. The molecule has 1 unspecified atom stereocenters. The van der Waals surface area contributed by atoms with Gasteiger partial charge in [0.05, 0.1) is 6.33 Å². The van der Waals surface area contributed by atoms with Crippen molar-refractivity contribution in [1.29, 1.82) is 5.26 Å². The number of fused-ring (bicyclic) bond motifs is 1. The van der Waals surface area contributed by atoms with Crippen molar-refractivity contribution in [2.45, 2.75) is 38.2 Å². The van der Waals surface area contributed by atoms with Crippen LogP contribution in [-0.2, 0) is 23.8 Å². The topological polar surface area (TPSA) is 155 Å². The fourth-order valence-electron chi connectivity index (χ4n) is 2.84. The molecule has 27 heavy (non-hydrogen) atoms. The van der Waals surface area contributed by atoms with E-state index in [0.717, 1.165) is 0 Å². The molecule has 0 amide bonds. The minimum absolute atomic E-state index is 0.0192. The van der Waals surface area contributed by atoms with Gasteiger partial charge < -0.3 is 19.9 Å².